The fraction of sp³-hybridized carbons (Fsp3) is 0.231. The van der Waals surface area contributed by atoms with Crippen LogP contribution < -0.4 is 5.73 Å². The molecule has 0 bridgehead atoms. The van der Waals surface area contributed by atoms with Gasteiger partial charge in [0.1, 0.15) is 6.04 Å². The molecule has 1 heterocycles. The minimum atomic E-state index is -0.959. The number of hydrogen-bond acceptors (Lipinski definition) is 4. The number of thioether (sulfide) groups is 1. The van der Waals surface area contributed by atoms with Gasteiger partial charge in [-0.25, -0.2) is 4.79 Å². The van der Waals surface area contributed by atoms with Gasteiger partial charge in [-0.15, -0.1) is 11.8 Å². The number of aliphatic carboxylic acids is 1. The Morgan fingerprint density at radius 2 is 2.05 bits per heavy atom. The molecule has 1 aliphatic heterocycles. The Labute approximate surface area is 115 Å². The Balaban J connectivity index is 2.04. The van der Waals surface area contributed by atoms with Crippen LogP contribution >= 0.6 is 11.8 Å². The predicted octanol–water partition coefficient (Wildman–Crippen LogP) is 1.27. The Hall–Kier alpha value is -1.95. The van der Waals surface area contributed by atoms with Gasteiger partial charge in [-0.1, -0.05) is 12.1 Å². The molecule has 0 unspecified atom stereocenters. The van der Waals surface area contributed by atoms with Crippen LogP contribution in [0.4, 0.5) is 5.69 Å². The first-order valence-corrected chi connectivity index (χ1v) is 6.88. The molecule has 1 amide bonds. The van der Waals surface area contributed by atoms with Crippen LogP contribution in [0.5, 0.6) is 0 Å². The number of benzene rings is 1. The molecule has 0 aliphatic carbocycles. The van der Waals surface area contributed by atoms with Crippen LogP contribution in [0.1, 0.15) is 5.56 Å². The summed E-state index contributed by atoms with van der Waals surface area (Å²) in [6.07, 6.45) is 3.05. The van der Waals surface area contributed by atoms with Crippen molar-refractivity contribution in [2.45, 2.75) is 6.04 Å². The van der Waals surface area contributed by atoms with Crippen LogP contribution in [0.2, 0.25) is 0 Å². The zero-order chi connectivity index (χ0) is 13.8. The summed E-state index contributed by atoms with van der Waals surface area (Å²) in [6, 6.07) is 6.36. The van der Waals surface area contributed by atoms with Crippen LogP contribution in [-0.4, -0.2) is 39.6 Å². The molecular formula is C13H14N2O3S. The molecule has 1 aliphatic rings. The zero-order valence-corrected chi connectivity index (χ0v) is 11.0. The molecule has 0 aromatic heterocycles. The second-order valence-electron chi connectivity index (χ2n) is 4.16. The molecular weight excluding hydrogens is 264 g/mol. The van der Waals surface area contributed by atoms with E-state index < -0.39 is 12.0 Å². The van der Waals surface area contributed by atoms with E-state index in [9.17, 15) is 9.59 Å². The van der Waals surface area contributed by atoms with Crippen molar-refractivity contribution in [1.82, 2.24) is 4.90 Å². The number of carbonyl (C=O) groups is 2. The molecule has 5 nitrogen and oxygen atoms in total. The number of anilines is 1. The highest BCUT2D eigenvalue weighted by atomic mass is 32.2. The van der Waals surface area contributed by atoms with Crippen molar-refractivity contribution >= 4 is 35.4 Å². The largest absolute Gasteiger partial charge is 0.480 e. The zero-order valence-electron chi connectivity index (χ0n) is 10.2. The molecule has 19 heavy (non-hydrogen) atoms. The van der Waals surface area contributed by atoms with Gasteiger partial charge in [-0.2, -0.15) is 0 Å². The minimum absolute atomic E-state index is 0.283. The molecule has 2 rings (SSSR count). The van der Waals surface area contributed by atoms with Crippen molar-refractivity contribution in [3.63, 3.8) is 0 Å². The van der Waals surface area contributed by atoms with Crippen molar-refractivity contribution in [2.75, 3.05) is 17.4 Å². The van der Waals surface area contributed by atoms with Gasteiger partial charge < -0.3 is 15.7 Å². The van der Waals surface area contributed by atoms with Gasteiger partial charge in [0.2, 0.25) is 5.91 Å². The fourth-order valence-electron chi connectivity index (χ4n) is 1.73. The van der Waals surface area contributed by atoms with Gasteiger partial charge in [0, 0.05) is 17.5 Å². The number of rotatable bonds is 3. The number of carboxylic acids is 1. The van der Waals surface area contributed by atoms with Gasteiger partial charge in [0.25, 0.3) is 0 Å². The van der Waals surface area contributed by atoms with E-state index in [4.69, 9.17) is 10.8 Å². The lowest BCUT2D eigenvalue weighted by Gasteiger charge is -2.18. The number of carboxylic acid groups (broad SMARTS) is 1. The van der Waals surface area contributed by atoms with E-state index in [0.717, 1.165) is 5.56 Å². The van der Waals surface area contributed by atoms with E-state index in [-0.39, 0.29) is 5.91 Å². The van der Waals surface area contributed by atoms with E-state index in [2.05, 4.69) is 0 Å². The maximum atomic E-state index is 11.9. The topological polar surface area (TPSA) is 83.6 Å². The van der Waals surface area contributed by atoms with Gasteiger partial charge in [0.15, 0.2) is 0 Å². The van der Waals surface area contributed by atoms with E-state index >= 15 is 0 Å². The first kappa shape index (κ1) is 13.5. The number of nitrogen functional groups attached to an aromatic ring is 1. The quantitative estimate of drug-likeness (QED) is 0.642. The lowest BCUT2D eigenvalue weighted by Crippen LogP contribution is -2.40. The molecule has 0 spiro atoms. The molecule has 1 fully saturated rings. The number of nitrogens with zero attached hydrogens (tertiary/aromatic N) is 1. The third-order valence-corrected chi connectivity index (χ3v) is 3.82. The number of carbonyl (C=O) groups excluding carboxylic acids is 1. The first-order valence-electron chi connectivity index (χ1n) is 5.72. The standard InChI is InChI=1S/C13H14N2O3S/c14-10-4-1-9(2-5-10)3-6-12(16)15-8-19-7-11(15)13(17)18/h1-6,11H,7-8,14H2,(H,17,18)/b6-3+/t11-/m0/s1. The summed E-state index contributed by atoms with van der Waals surface area (Å²) in [4.78, 5) is 24.3. The third kappa shape index (κ3) is 3.29. The molecule has 100 valence electrons. The van der Waals surface area contributed by atoms with Crippen molar-refractivity contribution in [3.05, 3.63) is 35.9 Å². The van der Waals surface area contributed by atoms with Gasteiger partial charge in [0.05, 0.1) is 5.88 Å². The maximum absolute atomic E-state index is 11.9. The number of nitrogens with two attached hydrogens (primary N) is 1. The average Bonchev–Trinajstić information content (AvgIpc) is 2.87. The number of amides is 1. The Morgan fingerprint density at radius 3 is 2.68 bits per heavy atom. The second-order valence-corrected chi connectivity index (χ2v) is 5.16. The van der Waals surface area contributed by atoms with Gasteiger partial charge in [-0.05, 0) is 23.8 Å². The summed E-state index contributed by atoms with van der Waals surface area (Å²) in [6.45, 7) is 0. The van der Waals surface area contributed by atoms with Crippen molar-refractivity contribution < 1.29 is 14.7 Å². The normalized spacial score (nSPS) is 18.9. The second kappa shape index (κ2) is 5.79. The summed E-state index contributed by atoms with van der Waals surface area (Å²) >= 11 is 1.44. The monoisotopic (exact) mass is 278 g/mol. The summed E-state index contributed by atoms with van der Waals surface area (Å²) in [5, 5.41) is 9.00. The van der Waals surface area contributed by atoms with E-state index in [0.29, 0.717) is 17.3 Å². The summed E-state index contributed by atoms with van der Waals surface area (Å²) in [7, 11) is 0. The molecule has 1 aromatic rings. The molecule has 1 saturated heterocycles. The Morgan fingerprint density at radius 1 is 1.37 bits per heavy atom. The van der Waals surface area contributed by atoms with Gasteiger partial charge in [-0.3, -0.25) is 4.79 Å². The Bertz CT molecular complexity index is 513. The first-order chi connectivity index (χ1) is 9.08. The summed E-state index contributed by atoms with van der Waals surface area (Å²) in [5.41, 5.74) is 7.07. The Kier molecular flexibility index (Phi) is 4.11. The molecule has 1 atom stereocenters. The van der Waals surface area contributed by atoms with E-state index in [1.165, 1.54) is 22.7 Å². The van der Waals surface area contributed by atoms with Gasteiger partial charge >= 0.3 is 5.97 Å². The van der Waals surface area contributed by atoms with Crippen LogP contribution in [0.3, 0.4) is 0 Å². The fourth-order valence-corrected chi connectivity index (χ4v) is 2.89. The third-order valence-electron chi connectivity index (χ3n) is 2.81. The predicted molar refractivity (Wildman–Crippen MR) is 75.5 cm³/mol. The van der Waals surface area contributed by atoms with Crippen molar-refractivity contribution in [3.8, 4) is 0 Å². The lowest BCUT2D eigenvalue weighted by atomic mass is 10.2. The SMILES string of the molecule is Nc1ccc(/C=C/C(=O)N2CSC[C@H]2C(=O)O)cc1. The lowest BCUT2D eigenvalue weighted by molar-refractivity contribution is -0.146. The van der Waals surface area contributed by atoms with Crippen LogP contribution in [0.15, 0.2) is 30.3 Å². The highest BCUT2D eigenvalue weighted by molar-refractivity contribution is 7.99. The van der Waals surface area contributed by atoms with E-state index in [1.54, 1.807) is 30.3 Å². The van der Waals surface area contributed by atoms with Crippen molar-refractivity contribution in [2.24, 2.45) is 0 Å². The average molecular weight is 278 g/mol. The molecule has 3 N–H and O–H groups in total. The van der Waals surface area contributed by atoms with Crippen LogP contribution in [-0.2, 0) is 9.59 Å². The maximum Gasteiger partial charge on any atom is 0.327 e. The minimum Gasteiger partial charge on any atom is -0.480 e. The van der Waals surface area contributed by atoms with Crippen LogP contribution in [0, 0.1) is 0 Å². The summed E-state index contributed by atoms with van der Waals surface area (Å²) in [5.74, 6) is -0.382. The molecule has 6 heteroatoms. The summed E-state index contributed by atoms with van der Waals surface area (Å²) < 4.78 is 0. The smallest absolute Gasteiger partial charge is 0.327 e. The molecule has 0 radical (unpaired) electrons. The van der Waals surface area contributed by atoms with E-state index in [1.807, 2.05) is 0 Å². The molecule has 0 saturated carbocycles. The number of hydrogen-bond donors (Lipinski definition) is 2. The van der Waals surface area contributed by atoms with Crippen molar-refractivity contribution in [1.29, 1.82) is 0 Å². The highest BCUT2D eigenvalue weighted by Gasteiger charge is 2.33. The highest BCUT2D eigenvalue weighted by Crippen LogP contribution is 2.21. The van der Waals surface area contributed by atoms with Crippen LogP contribution in [0.25, 0.3) is 6.08 Å². The molecule has 1 aromatic carbocycles.